The summed E-state index contributed by atoms with van der Waals surface area (Å²) in [5, 5.41) is 10.6. The molecule has 0 heterocycles. The summed E-state index contributed by atoms with van der Waals surface area (Å²) in [6, 6.07) is 0. The predicted octanol–water partition coefficient (Wildman–Crippen LogP) is 19.6. The van der Waals surface area contributed by atoms with E-state index in [-0.39, 0.29) is 25.7 Å². The molecule has 0 aromatic heterocycles. The van der Waals surface area contributed by atoms with Crippen molar-refractivity contribution in [2.24, 2.45) is 11.8 Å². The summed E-state index contributed by atoms with van der Waals surface area (Å²) < 4.78 is 68.2. The molecule has 522 valence electrons. The molecule has 0 rings (SSSR count). The van der Waals surface area contributed by atoms with E-state index in [4.69, 9.17) is 37.0 Å². The Hall–Kier alpha value is -1.94. The maximum atomic E-state index is 13.0. The van der Waals surface area contributed by atoms with Crippen molar-refractivity contribution in [1.82, 2.24) is 0 Å². The summed E-state index contributed by atoms with van der Waals surface area (Å²) >= 11 is 0. The van der Waals surface area contributed by atoms with Crippen molar-refractivity contribution in [3.63, 3.8) is 0 Å². The van der Waals surface area contributed by atoms with Crippen LogP contribution in [0.3, 0.4) is 0 Å². The van der Waals surface area contributed by atoms with Gasteiger partial charge >= 0.3 is 39.5 Å². The number of rotatable bonds is 68. The molecule has 0 amide bonds. The van der Waals surface area contributed by atoms with Crippen molar-refractivity contribution in [3.05, 3.63) is 0 Å². The summed E-state index contributed by atoms with van der Waals surface area (Å²) in [5.41, 5.74) is 0. The van der Waals surface area contributed by atoms with Gasteiger partial charge in [0, 0.05) is 25.7 Å². The Morgan fingerprint density at radius 3 is 0.773 bits per heavy atom. The lowest BCUT2D eigenvalue weighted by Crippen LogP contribution is -2.30. The van der Waals surface area contributed by atoms with E-state index >= 15 is 0 Å². The molecule has 0 aromatic rings. The van der Waals surface area contributed by atoms with Crippen LogP contribution in [-0.2, 0) is 65.4 Å². The topological polar surface area (TPSA) is 237 Å². The minimum atomic E-state index is -4.95. The molecule has 2 unspecified atom stereocenters. The standard InChI is InChI=1S/C69H134O17P2/c1-7-9-11-13-15-17-19-21-22-23-24-25-27-29-33-41-47-53-68(73)85-64(57-79-66(71)51-45-39-32-28-26-20-18-16-14-12-10-8-2)59-83-87(75,76)81-55-63(70)56-82-88(77,78)84-60-65(58-80-67(72)52-46-40-36-35-38-44-50-62(5)6)86-69(74)54-48-42-34-30-31-37-43-49-61(3)4/h61-65,70H,7-60H2,1-6H3,(H,75,76)(H,77,78)/t63-,64-,65-/m1/s1. The second-order valence-corrected chi connectivity index (χ2v) is 28.8. The number of aliphatic hydroxyl groups is 1. The number of carbonyl (C=O) groups is 4. The fraction of sp³-hybridized carbons (Fsp3) is 0.942. The van der Waals surface area contributed by atoms with Gasteiger partial charge in [0.15, 0.2) is 12.2 Å². The Kier molecular flexibility index (Phi) is 59.9. The minimum absolute atomic E-state index is 0.102. The van der Waals surface area contributed by atoms with Gasteiger partial charge in [-0.2, -0.15) is 0 Å². The van der Waals surface area contributed by atoms with Crippen LogP contribution in [0.25, 0.3) is 0 Å². The molecule has 0 radical (unpaired) electrons. The summed E-state index contributed by atoms with van der Waals surface area (Å²) in [6.45, 7) is 9.39. The summed E-state index contributed by atoms with van der Waals surface area (Å²) in [4.78, 5) is 72.4. The number of hydrogen-bond acceptors (Lipinski definition) is 15. The van der Waals surface area contributed by atoms with Gasteiger partial charge in [0.25, 0.3) is 0 Å². The van der Waals surface area contributed by atoms with Crippen molar-refractivity contribution in [3.8, 4) is 0 Å². The van der Waals surface area contributed by atoms with E-state index in [1.165, 1.54) is 161 Å². The molecule has 0 aliphatic heterocycles. The van der Waals surface area contributed by atoms with Crippen LogP contribution in [0.15, 0.2) is 0 Å². The van der Waals surface area contributed by atoms with Crippen LogP contribution >= 0.6 is 15.6 Å². The highest BCUT2D eigenvalue weighted by molar-refractivity contribution is 7.47. The number of phosphoric acid groups is 2. The van der Waals surface area contributed by atoms with Gasteiger partial charge in [-0.3, -0.25) is 37.3 Å². The summed E-state index contributed by atoms with van der Waals surface area (Å²) in [5.74, 6) is -0.754. The van der Waals surface area contributed by atoms with Crippen LogP contribution in [0, 0.1) is 11.8 Å². The van der Waals surface area contributed by atoms with Crippen LogP contribution in [0.5, 0.6) is 0 Å². The molecule has 0 spiro atoms. The largest absolute Gasteiger partial charge is 0.472 e. The lowest BCUT2D eigenvalue weighted by atomic mass is 10.0. The van der Waals surface area contributed by atoms with E-state index in [0.29, 0.717) is 37.5 Å². The smallest absolute Gasteiger partial charge is 0.462 e. The zero-order valence-corrected chi connectivity index (χ0v) is 58.8. The van der Waals surface area contributed by atoms with Crippen LogP contribution in [-0.4, -0.2) is 96.7 Å². The SMILES string of the molecule is CCCCCCCCCCCCCCCCCCCC(=O)O[C@H](COC(=O)CCCCCCCCCCCCCC)COP(=O)(O)OC[C@@H](O)COP(=O)(O)OC[C@@H](COC(=O)CCCCCCCCC(C)C)OC(=O)CCCCCCCCCC(C)C. The molecule has 3 N–H and O–H groups in total. The van der Waals surface area contributed by atoms with Gasteiger partial charge in [-0.25, -0.2) is 9.13 Å². The first-order valence-electron chi connectivity index (χ1n) is 36.0. The Bertz CT molecular complexity index is 1720. The normalized spacial score (nSPS) is 14.2. The second kappa shape index (κ2) is 61.3. The lowest BCUT2D eigenvalue weighted by molar-refractivity contribution is -0.161. The molecule has 17 nitrogen and oxygen atoms in total. The molecule has 5 atom stereocenters. The molecule has 0 aliphatic rings. The highest BCUT2D eigenvalue weighted by atomic mass is 31.2. The Morgan fingerprint density at radius 1 is 0.307 bits per heavy atom. The Balaban J connectivity index is 5.22. The lowest BCUT2D eigenvalue weighted by Gasteiger charge is -2.21. The van der Waals surface area contributed by atoms with Crippen molar-refractivity contribution in [1.29, 1.82) is 0 Å². The monoisotopic (exact) mass is 1300 g/mol. The van der Waals surface area contributed by atoms with Gasteiger partial charge < -0.3 is 33.8 Å². The number of hydrogen-bond donors (Lipinski definition) is 3. The van der Waals surface area contributed by atoms with Crippen LogP contribution in [0.1, 0.15) is 350 Å². The Morgan fingerprint density at radius 2 is 0.523 bits per heavy atom. The maximum absolute atomic E-state index is 13.0. The average Bonchev–Trinajstić information content (AvgIpc) is 3.59. The quantitative estimate of drug-likeness (QED) is 0.0222. The van der Waals surface area contributed by atoms with Gasteiger partial charge in [-0.1, -0.05) is 298 Å². The molecule has 88 heavy (non-hydrogen) atoms. The van der Waals surface area contributed by atoms with Crippen molar-refractivity contribution in [2.75, 3.05) is 39.6 Å². The van der Waals surface area contributed by atoms with E-state index in [0.717, 1.165) is 96.3 Å². The van der Waals surface area contributed by atoms with E-state index in [1.54, 1.807) is 0 Å². The predicted molar refractivity (Wildman–Crippen MR) is 354 cm³/mol. The van der Waals surface area contributed by atoms with E-state index in [9.17, 15) is 43.2 Å². The highest BCUT2D eigenvalue weighted by Crippen LogP contribution is 2.45. The van der Waals surface area contributed by atoms with Gasteiger partial charge in [0.05, 0.1) is 26.4 Å². The van der Waals surface area contributed by atoms with Gasteiger partial charge in [-0.15, -0.1) is 0 Å². The van der Waals surface area contributed by atoms with Crippen molar-refractivity contribution < 1.29 is 80.2 Å². The van der Waals surface area contributed by atoms with Crippen LogP contribution in [0.4, 0.5) is 0 Å². The molecule has 0 saturated carbocycles. The van der Waals surface area contributed by atoms with Gasteiger partial charge in [0.1, 0.15) is 19.3 Å². The summed E-state index contributed by atoms with van der Waals surface area (Å²) in [7, 11) is -9.90. The van der Waals surface area contributed by atoms with Crippen LogP contribution < -0.4 is 0 Å². The number of ether oxygens (including phenoxy) is 4. The number of esters is 4. The van der Waals surface area contributed by atoms with Crippen LogP contribution in [0.2, 0.25) is 0 Å². The molecule has 0 fully saturated rings. The van der Waals surface area contributed by atoms with E-state index in [1.807, 2.05) is 0 Å². The summed E-state index contributed by atoms with van der Waals surface area (Å²) in [6.07, 6.45) is 46.1. The van der Waals surface area contributed by atoms with E-state index < -0.39 is 97.5 Å². The maximum Gasteiger partial charge on any atom is 0.472 e. The van der Waals surface area contributed by atoms with Gasteiger partial charge in [-0.05, 0) is 37.5 Å². The molecule has 0 bridgehead atoms. The van der Waals surface area contributed by atoms with Crippen molar-refractivity contribution >= 4 is 39.5 Å². The number of phosphoric ester groups is 2. The third-order valence-corrected chi connectivity index (χ3v) is 17.9. The van der Waals surface area contributed by atoms with Gasteiger partial charge in [0.2, 0.25) is 0 Å². The fourth-order valence-corrected chi connectivity index (χ4v) is 12.0. The molecule has 0 saturated heterocycles. The van der Waals surface area contributed by atoms with Crippen molar-refractivity contribution in [2.45, 2.75) is 368 Å². The number of carbonyl (C=O) groups excluding carboxylic acids is 4. The number of unbranched alkanes of at least 4 members (excludes halogenated alkanes) is 38. The second-order valence-electron chi connectivity index (χ2n) is 25.9. The third-order valence-electron chi connectivity index (χ3n) is 16.0. The first kappa shape index (κ1) is 86.1. The molecule has 0 aliphatic carbocycles. The number of aliphatic hydroxyl groups excluding tert-OH is 1. The zero-order valence-electron chi connectivity index (χ0n) is 57.0. The minimum Gasteiger partial charge on any atom is -0.462 e. The highest BCUT2D eigenvalue weighted by Gasteiger charge is 2.30. The molecule has 0 aromatic carbocycles. The fourth-order valence-electron chi connectivity index (χ4n) is 10.4. The molecular formula is C69H134O17P2. The molecule has 19 heteroatoms. The first-order chi connectivity index (χ1) is 42.4. The average molecular weight is 1300 g/mol. The zero-order chi connectivity index (χ0) is 65.0. The van der Waals surface area contributed by atoms with E-state index in [2.05, 4.69) is 41.5 Å². The Labute approximate surface area is 537 Å². The first-order valence-corrected chi connectivity index (χ1v) is 39.0. The molecular weight excluding hydrogens is 1160 g/mol. The third kappa shape index (κ3) is 62.8.